The van der Waals surface area contributed by atoms with E-state index in [4.69, 9.17) is 18.9 Å². The van der Waals surface area contributed by atoms with Gasteiger partial charge in [0.25, 0.3) is 0 Å². The van der Waals surface area contributed by atoms with E-state index in [0.29, 0.717) is 55.0 Å². The molecule has 5 rings (SSSR count). The SMILES string of the molecule is COc1cc(CC2C(O)CSSC(CCO)c3cc(O)c(OC4CCC5(CC(NCC(C)O)CC5CC(C)C)C4)cc3CCC(OCO)CC2O)cc(OCO)c1O. The van der Waals surface area contributed by atoms with Gasteiger partial charge in [-0.2, -0.15) is 0 Å². The summed E-state index contributed by atoms with van der Waals surface area (Å²) in [6, 6.07) is 7.14. The number of hydrogen-bond donors (Lipinski definition) is 9. The second-order valence-electron chi connectivity index (χ2n) is 17.1. The molecule has 2 aliphatic carbocycles. The molecule has 10 unspecified atom stereocenters. The Bertz CT molecular complexity index is 1580. The molecule has 2 saturated carbocycles. The van der Waals surface area contributed by atoms with E-state index >= 15 is 0 Å². The summed E-state index contributed by atoms with van der Waals surface area (Å²) in [7, 11) is 4.30. The van der Waals surface area contributed by atoms with E-state index in [0.717, 1.165) is 49.7 Å². The Hall–Kier alpha value is -2.18. The van der Waals surface area contributed by atoms with Crippen LogP contribution in [0.1, 0.15) is 100 Å². The van der Waals surface area contributed by atoms with Crippen molar-refractivity contribution in [2.45, 2.75) is 133 Å². The summed E-state index contributed by atoms with van der Waals surface area (Å²) in [6.45, 7) is 5.62. The van der Waals surface area contributed by atoms with Gasteiger partial charge in [0.05, 0.1) is 37.6 Å². The van der Waals surface area contributed by atoms with Crippen molar-refractivity contribution in [1.29, 1.82) is 0 Å². The first-order valence-corrected chi connectivity index (χ1v) is 23.2. The van der Waals surface area contributed by atoms with E-state index in [9.17, 15) is 40.9 Å². The number of nitrogens with one attached hydrogen (secondary N) is 1. The number of methoxy groups -OCH3 is 1. The largest absolute Gasteiger partial charge is 0.504 e. The van der Waals surface area contributed by atoms with Crippen molar-refractivity contribution in [2.24, 2.45) is 23.2 Å². The number of fused-ring (bicyclic) bond motifs is 1. The molecule has 0 saturated heterocycles. The number of phenolic OH excluding ortho intramolecular Hbond substituents is 2. The Kier molecular flexibility index (Phi) is 17.8. The third kappa shape index (κ3) is 12.2. The van der Waals surface area contributed by atoms with Gasteiger partial charge in [0.2, 0.25) is 5.75 Å². The molecule has 9 N–H and O–H groups in total. The Balaban J connectivity index is 1.38. The number of aliphatic hydroxyl groups excluding tert-OH is 6. The molecule has 3 aliphatic rings. The zero-order valence-corrected chi connectivity index (χ0v) is 36.1. The predicted molar refractivity (Wildman–Crippen MR) is 225 cm³/mol. The van der Waals surface area contributed by atoms with Gasteiger partial charge in [-0.3, -0.25) is 0 Å². The maximum atomic E-state index is 11.7. The molecule has 0 amide bonds. The standard InChI is InChI=1S/C43H67NO12S2/c1-25(2)11-29-16-30(44-21-26(3)48)19-43(29)9-7-32(20-43)56-38-15-28-5-6-31(54-23-46)17-35(49)34(12-27-13-39(53-4)42(52)40(14-27)55-24-47)37(51)22-57-58-41(8-10-45)33(28)18-36(38)50/h13-15,18,25-26,29-32,34-35,37,41,44-52H,5-12,16-17,19-24H2,1-4H3. The van der Waals surface area contributed by atoms with Crippen molar-refractivity contribution in [3.05, 3.63) is 41.0 Å². The van der Waals surface area contributed by atoms with E-state index in [1.807, 2.05) is 13.0 Å². The minimum absolute atomic E-state index is 0.00396. The van der Waals surface area contributed by atoms with Crippen molar-refractivity contribution in [1.82, 2.24) is 5.32 Å². The highest BCUT2D eigenvalue weighted by Gasteiger charge is 2.51. The fourth-order valence-electron chi connectivity index (χ4n) is 9.63. The molecule has 1 spiro atoms. The van der Waals surface area contributed by atoms with E-state index in [2.05, 4.69) is 19.2 Å². The summed E-state index contributed by atoms with van der Waals surface area (Å²) in [5.41, 5.74) is 2.50. The number of ether oxygens (including phenoxy) is 4. The summed E-state index contributed by atoms with van der Waals surface area (Å²) in [5.74, 6) is 0.948. The van der Waals surface area contributed by atoms with Gasteiger partial charge in [0, 0.05) is 36.1 Å². The number of aromatic hydroxyl groups is 2. The fraction of sp³-hybridized carbons (Fsp3) is 0.721. The molecule has 328 valence electrons. The van der Waals surface area contributed by atoms with Crippen LogP contribution in [0.4, 0.5) is 0 Å². The van der Waals surface area contributed by atoms with Gasteiger partial charge in [0.1, 0.15) is 6.79 Å². The highest BCUT2D eigenvalue weighted by molar-refractivity contribution is 8.76. The average Bonchev–Trinajstić information content (AvgIpc) is 3.74. The molecule has 0 aromatic heterocycles. The van der Waals surface area contributed by atoms with Gasteiger partial charge >= 0.3 is 0 Å². The predicted octanol–water partition coefficient (Wildman–Crippen LogP) is 5.20. The second-order valence-corrected chi connectivity index (χ2v) is 19.7. The maximum absolute atomic E-state index is 11.7. The average molecular weight is 854 g/mol. The first-order valence-electron chi connectivity index (χ1n) is 20.8. The van der Waals surface area contributed by atoms with Gasteiger partial charge in [0.15, 0.2) is 29.8 Å². The van der Waals surface area contributed by atoms with Gasteiger partial charge in [-0.1, -0.05) is 35.4 Å². The van der Waals surface area contributed by atoms with Crippen LogP contribution in [0.25, 0.3) is 0 Å². The van der Waals surface area contributed by atoms with E-state index in [1.54, 1.807) is 12.1 Å². The third-order valence-corrected chi connectivity index (χ3v) is 15.2. The van der Waals surface area contributed by atoms with Crippen LogP contribution < -0.4 is 19.5 Å². The highest BCUT2D eigenvalue weighted by atomic mass is 33.1. The van der Waals surface area contributed by atoms with Crippen molar-refractivity contribution in [2.75, 3.05) is 39.6 Å². The summed E-state index contributed by atoms with van der Waals surface area (Å²) in [5, 5.41) is 88.0. The molecule has 2 fully saturated rings. The molecular weight excluding hydrogens is 787 g/mol. The molecule has 58 heavy (non-hydrogen) atoms. The first kappa shape index (κ1) is 46.9. The van der Waals surface area contributed by atoms with E-state index < -0.39 is 43.9 Å². The highest BCUT2D eigenvalue weighted by Crippen LogP contribution is 2.57. The van der Waals surface area contributed by atoms with Crippen molar-refractivity contribution < 1.29 is 59.8 Å². The zero-order chi connectivity index (χ0) is 42.0. The molecule has 2 aromatic carbocycles. The number of benzene rings is 2. The normalized spacial score (nSPS) is 30.1. The number of aryl methyl sites for hydroxylation is 1. The smallest absolute Gasteiger partial charge is 0.200 e. The quantitative estimate of drug-likeness (QED) is 0.0785. The van der Waals surface area contributed by atoms with Crippen molar-refractivity contribution >= 4 is 21.6 Å². The van der Waals surface area contributed by atoms with E-state index in [1.165, 1.54) is 34.8 Å². The summed E-state index contributed by atoms with van der Waals surface area (Å²) in [6.07, 6.45) is 4.55. The Labute approximate surface area is 351 Å². The van der Waals surface area contributed by atoms with Crippen LogP contribution in [0.3, 0.4) is 0 Å². The van der Waals surface area contributed by atoms with Crippen LogP contribution in [0, 0.1) is 23.2 Å². The number of phenols is 2. The second kappa shape index (κ2) is 22.1. The molecule has 10 atom stereocenters. The Morgan fingerprint density at radius 1 is 0.914 bits per heavy atom. The van der Waals surface area contributed by atoms with Gasteiger partial charge in [-0.15, -0.1) is 0 Å². The third-order valence-electron chi connectivity index (χ3n) is 12.4. The molecule has 2 aromatic rings. The minimum Gasteiger partial charge on any atom is -0.504 e. The van der Waals surface area contributed by atoms with Gasteiger partial charge in [-0.05, 0) is 136 Å². The van der Waals surface area contributed by atoms with Crippen LogP contribution in [-0.4, -0.2) is 117 Å². The number of rotatable bonds is 16. The zero-order valence-electron chi connectivity index (χ0n) is 34.4. The van der Waals surface area contributed by atoms with Crippen LogP contribution in [-0.2, 0) is 17.6 Å². The fourth-order valence-corrected chi connectivity index (χ4v) is 12.5. The molecular formula is C43H67NO12S2. The molecule has 0 bridgehead atoms. The van der Waals surface area contributed by atoms with E-state index in [-0.39, 0.29) is 65.0 Å². The van der Waals surface area contributed by atoms with Crippen molar-refractivity contribution in [3.63, 3.8) is 0 Å². The minimum atomic E-state index is -1.06. The lowest BCUT2D eigenvalue weighted by atomic mass is 9.73. The number of aliphatic hydroxyl groups is 6. The molecule has 1 aliphatic heterocycles. The van der Waals surface area contributed by atoms with Gasteiger partial charge < -0.3 is 65.1 Å². The first-order chi connectivity index (χ1) is 27.8. The lowest BCUT2D eigenvalue weighted by molar-refractivity contribution is -0.0808. The van der Waals surface area contributed by atoms with Gasteiger partial charge in [-0.25, -0.2) is 0 Å². The van der Waals surface area contributed by atoms with Crippen LogP contribution in [0.5, 0.6) is 28.7 Å². The Morgan fingerprint density at radius 2 is 1.69 bits per heavy atom. The molecule has 0 radical (unpaired) electrons. The lowest BCUT2D eigenvalue weighted by Gasteiger charge is -2.32. The number of hydrogen-bond acceptors (Lipinski definition) is 15. The maximum Gasteiger partial charge on any atom is 0.200 e. The molecule has 15 heteroatoms. The van der Waals surface area contributed by atoms with Crippen LogP contribution >= 0.6 is 21.6 Å². The Morgan fingerprint density at radius 3 is 2.38 bits per heavy atom. The molecule has 1 heterocycles. The van der Waals surface area contributed by atoms with Crippen molar-refractivity contribution in [3.8, 4) is 28.7 Å². The topological polar surface area (TPSA) is 211 Å². The summed E-state index contributed by atoms with van der Waals surface area (Å²) in [4.78, 5) is 0. The summed E-state index contributed by atoms with van der Waals surface area (Å²) >= 11 is 0. The lowest BCUT2D eigenvalue weighted by Crippen LogP contribution is -2.38. The van der Waals surface area contributed by atoms with Crippen LogP contribution in [0.15, 0.2) is 24.3 Å². The monoisotopic (exact) mass is 853 g/mol. The van der Waals surface area contributed by atoms with Crippen LogP contribution in [0.2, 0.25) is 0 Å². The summed E-state index contributed by atoms with van der Waals surface area (Å²) < 4.78 is 23.0. The molecule has 13 nitrogen and oxygen atoms in total.